The maximum atomic E-state index is 10.7. The summed E-state index contributed by atoms with van der Waals surface area (Å²) < 4.78 is 0. The fourth-order valence-electron chi connectivity index (χ4n) is 1.24. The molecular weight excluding hydrogens is 146 g/mol. The summed E-state index contributed by atoms with van der Waals surface area (Å²) in [6, 6.07) is 0. The number of nitrogens with one attached hydrogen (secondary N) is 1. The highest BCUT2D eigenvalue weighted by atomic mass is 16.4. The van der Waals surface area contributed by atoms with E-state index >= 15 is 0 Å². The minimum atomic E-state index is -1.00. The Morgan fingerprint density at radius 3 is 2.73 bits per heavy atom. The summed E-state index contributed by atoms with van der Waals surface area (Å²) in [6.07, 6.45) is -0.204. The highest BCUT2D eigenvalue weighted by Crippen LogP contribution is 2.25. The van der Waals surface area contributed by atoms with E-state index in [1.54, 1.807) is 6.92 Å². The predicted octanol–water partition coefficient (Wildman–Crippen LogP) is -0.569. The Bertz CT molecular complexity index is 171. The largest absolute Gasteiger partial charge is 0.481 e. The lowest BCUT2D eigenvalue weighted by Gasteiger charge is -2.34. The average Bonchev–Trinajstić information content (AvgIpc) is 1.95. The van der Waals surface area contributed by atoms with Crippen molar-refractivity contribution in [1.82, 2.24) is 5.32 Å². The molecule has 0 aromatic rings. The number of aliphatic hydroxyl groups excluding tert-OH is 1. The van der Waals surface area contributed by atoms with Crippen molar-refractivity contribution in [3.05, 3.63) is 0 Å². The van der Waals surface area contributed by atoms with Gasteiger partial charge >= 0.3 is 5.97 Å². The molecule has 0 saturated carbocycles. The summed E-state index contributed by atoms with van der Waals surface area (Å²) in [4.78, 5) is 10.7. The molecule has 11 heavy (non-hydrogen) atoms. The number of hydrogen-bond donors (Lipinski definition) is 3. The van der Waals surface area contributed by atoms with Gasteiger partial charge in [-0.25, -0.2) is 0 Å². The Balaban J connectivity index is 2.72. The van der Waals surface area contributed by atoms with E-state index in [1.807, 2.05) is 0 Å². The SMILES string of the molecule is CC1(C(=O)O)CNCCC1O. The van der Waals surface area contributed by atoms with Gasteiger partial charge in [-0.1, -0.05) is 0 Å². The summed E-state index contributed by atoms with van der Waals surface area (Å²) in [6.45, 7) is 2.61. The lowest BCUT2D eigenvalue weighted by Crippen LogP contribution is -2.52. The number of aliphatic carboxylic acids is 1. The summed E-state index contributed by atoms with van der Waals surface area (Å²) in [7, 11) is 0. The van der Waals surface area contributed by atoms with Gasteiger partial charge in [-0.05, 0) is 19.9 Å². The van der Waals surface area contributed by atoms with Crippen molar-refractivity contribution in [2.45, 2.75) is 19.4 Å². The summed E-state index contributed by atoms with van der Waals surface area (Å²) in [5.74, 6) is -0.933. The Morgan fingerprint density at radius 2 is 2.36 bits per heavy atom. The Labute approximate surface area is 65.2 Å². The number of carboxylic acid groups (broad SMARTS) is 1. The third-order valence-corrected chi connectivity index (χ3v) is 2.31. The van der Waals surface area contributed by atoms with Crippen molar-refractivity contribution < 1.29 is 15.0 Å². The van der Waals surface area contributed by atoms with Gasteiger partial charge in [-0.15, -0.1) is 0 Å². The maximum Gasteiger partial charge on any atom is 0.313 e. The molecule has 0 radical (unpaired) electrons. The van der Waals surface area contributed by atoms with Crippen molar-refractivity contribution in [3.8, 4) is 0 Å². The predicted molar refractivity (Wildman–Crippen MR) is 39.2 cm³/mol. The number of aliphatic hydroxyl groups is 1. The summed E-state index contributed by atoms with van der Waals surface area (Å²) in [5.41, 5.74) is -1.00. The van der Waals surface area contributed by atoms with E-state index in [4.69, 9.17) is 5.11 Å². The van der Waals surface area contributed by atoms with Gasteiger partial charge in [0, 0.05) is 6.54 Å². The van der Waals surface area contributed by atoms with Gasteiger partial charge in [-0.3, -0.25) is 4.79 Å². The lowest BCUT2D eigenvalue weighted by molar-refractivity contribution is -0.156. The summed E-state index contributed by atoms with van der Waals surface area (Å²) in [5, 5.41) is 21.1. The molecule has 3 N–H and O–H groups in total. The highest BCUT2D eigenvalue weighted by Gasteiger charge is 2.42. The Kier molecular flexibility index (Phi) is 2.15. The van der Waals surface area contributed by atoms with Crippen LogP contribution < -0.4 is 5.32 Å². The molecule has 64 valence electrons. The first-order valence-electron chi connectivity index (χ1n) is 3.69. The molecular formula is C7H13NO3. The van der Waals surface area contributed by atoms with Crippen LogP contribution in [0.25, 0.3) is 0 Å². The van der Waals surface area contributed by atoms with Crippen LogP contribution in [0.1, 0.15) is 13.3 Å². The number of carboxylic acids is 1. The molecule has 0 bridgehead atoms. The first-order chi connectivity index (χ1) is 5.07. The third-order valence-electron chi connectivity index (χ3n) is 2.31. The Morgan fingerprint density at radius 1 is 1.73 bits per heavy atom. The quantitative estimate of drug-likeness (QED) is 0.479. The van der Waals surface area contributed by atoms with Crippen LogP contribution in [0.4, 0.5) is 0 Å². The van der Waals surface area contributed by atoms with Gasteiger partial charge < -0.3 is 15.5 Å². The zero-order chi connectivity index (χ0) is 8.48. The van der Waals surface area contributed by atoms with Gasteiger partial charge in [0.15, 0.2) is 0 Å². The van der Waals surface area contributed by atoms with Crippen molar-refractivity contribution in [2.75, 3.05) is 13.1 Å². The van der Waals surface area contributed by atoms with Crippen molar-refractivity contribution in [2.24, 2.45) is 5.41 Å². The van der Waals surface area contributed by atoms with Gasteiger partial charge in [0.05, 0.1) is 6.10 Å². The van der Waals surface area contributed by atoms with E-state index in [0.29, 0.717) is 19.5 Å². The van der Waals surface area contributed by atoms with E-state index in [1.165, 1.54) is 0 Å². The molecule has 4 heteroatoms. The van der Waals surface area contributed by atoms with Crippen LogP contribution in [0.15, 0.2) is 0 Å². The van der Waals surface area contributed by atoms with Crippen LogP contribution in [0.5, 0.6) is 0 Å². The molecule has 2 atom stereocenters. The second kappa shape index (κ2) is 2.79. The molecule has 1 saturated heterocycles. The molecule has 1 aliphatic rings. The molecule has 0 amide bonds. The smallest absolute Gasteiger partial charge is 0.313 e. The van der Waals surface area contributed by atoms with Crippen LogP contribution in [-0.4, -0.2) is 35.4 Å². The number of carbonyl (C=O) groups is 1. The normalized spacial score (nSPS) is 38.5. The van der Waals surface area contributed by atoms with Gasteiger partial charge in [0.1, 0.15) is 5.41 Å². The van der Waals surface area contributed by atoms with Crippen LogP contribution in [0.2, 0.25) is 0 Å². The van der Waals surface area contributed by atoms with E-state index in [9.17, 15) is 9.90 Å². The Hall–Kier alpha value is -0.610. The minimum absolute atomic E-state index is 0.351. The number of hydrogen-bond acceptors (Lipinski definition) is 3. The van der Waals surface area contributed by atoms with Gasteiger partial charge in [0.2, 0.25) is 0 Å². The molecule has 1 aliphatic heterocycles. The topological polar surface area (TPSA) is 69.6 Å². The van der Waals surface area contributed by atoms with Crippen molar-refractivity contribution in [1.29, 1.82) is 0 Å². The van der Waals surface area contributed by atoms with E-state index < -0.39 is 17.5 Å². The second-order valence-corrected chi connectivity index (χ2v) is 3.20. The van der Waals surface area contributed by atoms with Crippen molar-refractivity contribution >= 4 is 5.97 Å². The molecule has 0 aliphatic carbocycles. The van der Waals surface area contributed by atoms with E-state index in [2.05, 4.69) is 5.32 Å². The van der Waals surface area contributed by atoms with E-state index in [0.717, 1.165) is 0 Å². The molecule has 0 aromatic heterocycles. The van der Waals surface area contributed by atoms with Crippen LogP contribution >= 0.6 is 0 Å². The highest BCUT2D eigenvalue weighted by molar-refractivity contribution is 5.75. The summed E-state index contributed by atoms with van der Waals surface area (Å²) >= 11 is 0. The lowest BCUT2D eigenvalue weighted by atomic mass is 9.80. The van der Waals surface area contributed by atoms with Crippen molar-refractivity contribution in [3.63, 3.8) is 0 Å². The molecule has 1 fully saturated rings. The maximum absolute atomic E-state index is 10.7. The zero-order valence-electron chi connectivity index (χ0n) is 6.50. The molecule has 4 nitrogen and oxygen atoms in total. The molecule has 0 aromatic carbocycles. The zero-order valence-corrected chi connectivity index (χ0v) is 6.50. The van der Waals surface area contributed by atoms with Gasteiger partial charge in [-0.2, -0.15) is 0 Å². The van der Waals surface area contributed by atoms with Crippen LogP contribution in [0, 0.1) is 5.41 Å². The molecule has 2 unspecified atom stereocenters. The fraction of sp³-hybridized carbons (Fsp3) is 0.857. The third kappa shape index (κ3) is 1.36. The molecule has 1 rings (SSSR count). The molecule has 0 spiro atoms. The monoisotopic (exact) mass is 159 g/mol. The van der Waals surface area contributed by atoms with Crippen LogP contribution in [-0.2, 0) is 4.79 Å². The number of piperidine rings is 1. The van der Waals surface area contributed by atoms with Crippen LogP contribution in [0.3, 0.4) is 0 Å². The first-order valence-corrected chi connectivity index (χ1v) is 3.69. The van der Waals surface area contributed by atoms with E-state index in [-0.39, 0.29) is 0 Å². The molecule has 1 heterocycles. The standard InChI is InChI=1S/C7H13NO3/c1-7(6(10)11)4-8-3-2-5(7)9/h5,8-9H,2-4H2,1H3,(H,10,11). The first kappa shape index (κ1) is 8.49. The second-order valence-electron chi connectivity index (χ2n) is 3.20. The fourth-order valence-corrected chi connectivity index (χ4v) is 1.24. The minimum Gasteiger partial charge on any atom is -0.481 e. The number of rotatable bonds is 1. The average molecular weight is 159 g/mol. The van der Waals surface area contributed by atoms with Gasteiger partial charge in [0.25, 0.3) is 0 Å².